The maximum atomic E-state index is 13.5. The van der Waals surface area contributed by atoms with Crippen molar-refractivity contribution < 1.29 is 9.18 Å². The van der Waals surface area contributed by atoms with Crippen molar-refractivity contribution in [2.24, 2.45) is 17.3 Å². The fourth-order valence-corrected chi connectivity index (χ4v) is 2.80. The van der Waals surface area contributed by atoms with Gasteiger partial charge in [-0.05, 0) is 44.2 Å². The van der Waals surface area contributed by atoms with E-state index >= 15 is 0 Å². The highest BCUT2D eigenvalue weighted by atomic mass is 19.1. The number of anilines is 1. The van der Waals surface area contributed by atoms with E-state index in [4.69, 9.17) is 0 Å². The summed E-state index contributed by atoms with van der Waals surface area (Å²) in [6, 6.07) is 4.75. The minimum Gasteiger partial charge on any atom is -0.325 e. The number of amides is 1. The second-order valence-corrected chi connectivity index (χ2v) is 6.47. The summed E-state index contributed by atoms with van der Waals surface area (Å²) < 4.78 is 13.5. The smallest absolute Gasteiger partial charge is 0.228 e. The Labute approximate surface area is 120 Å². The molecule has 1 aliphatic carbocycles. The molecule has 1 saturated carbocycles. The minimum absolute atomic E-state index is 0.0220. The van der Waals surface area contributed by atoms with Gasteiger partial charge in [0.2, 0.25) is 5.91 Å². The average molecular weight is 275 g/mol. The molecule has 2 nitrogen and oxygen atoms in total. The van der Waals surface area contributed by atoms with Crippen LogP contribution in [-0.2, 0) is 4.79 Å². The number of allylic oxidation sites excluding steroid dienone is 2. The molecule has 0 heterocycles. The summed E-state index contributed by atoms with van der Waals surface area (Å²) in [5, 5.41) is 2.86. The number of benzene rings is 1. The topological polar surface area (TPSA) is 29.1 Å². The van der Waals surface area contributed by atoms with Gasteiger partial charge in [-0.1, -0.05) is 31.6 Å². The predicted molar refractivity (Wildman–Crippen MR) is 80.0 cm³/mol. The van der Waals surface area contributed by atoms with Crippen molar-refractivity contribution in [2.75, 3.05) is 5.32 Å². The molecule has 0 bridgehead atoms. The molecular formula is C17H22FNO. The SMILES string of the molecule is CC(C)=CC1C(C(=O)Nc2cccc(F)c2C)C1(C)C. The zero-order valence-electron chi connectivity index (χ0n) is 12.8. The first kappa shape index (κ1) is 14.8. The molecule has 1 aromatic rings. The number of carbonyl (C=O) groups is 1. The van der Waals surface area contributed by atoms with Crippen molar-refractivity contribution in [1.82, 2.24) is 0 Å². The highest BCUT2D eigenvalue weighted by Crippen LogP contribution is 2.59. The maximum Gasteiger partial charge on any atom is 0.228 e. The van der Waals surface area contributed by atoms with Gasteiger partial charge in [-0.3, -0.25) is 4.79 Å². The van der Waals surface area contributed by atoms with E-state index in [2.05, 4.69) is 25.2 Å². The summed E-state index contributed by atoms with van der Waals surface area (Å²) in [5.74, 6) is -0.0914. The van der Waals surface area contributed by atoms with Crippen LogP contribution in [0.2, 0.25) is 0 Å². The molecule has 1 amide bonds. The summed E-state index contributed by atoms with van der Waals surface area (Å²) >= 11 is 0. The van der Waals surface area contributed by atoms with Gasteiger partial charge in [-0.25, -0.2) is 4.39 Å². The van der Waals surface area contributed by atoms with Crippen LogP contribution < -0.4 is 5.32 Å². The van der Waals surface area contributed by atoms with Crippen LogP contribution in [0.15, 0.2) is 29.8 Å². The van der Waals surface area contributed by atoms with Gasteiger partial charge in [0, 0.05) is 11.3 Å². The zero-order valence-corrected chi connectivity index (χ0v) is 12.8. The van der Waals surface area contributed by atoms with Crippen LogP contribution >= 0.6 is 0 Å². The lowest BCUT2D eigenvalue weighted by Gasteiger charge is -2.09. The molecule has 0 spiro atoms. The van der Waals surface area contributed by atoms with Crippen molar-refractivity contribution in [3.05, 3.63) is 41.2 Å². The first-order valence-corrected chi connectivity index (χ1v) is 6.96. The van der Waals surface area contributed by atoms with Crippen LogP contribution in [0, 0.1) is 30.0 Å². The largest absolute Gasteiger partial charge is 0.325 e. The fourth-order valence-electron chi connectivity index (χ4n) is 2.80. The standard InChI is InChI=1S/C17H22FNO/c1-10(2)9-12-15(17(12,4)5)16(20)19-14-8-6-7-13(18)11(14)3/h6-9,12,15H,1-5H3,(H,19,20). The highest BCUT2D eigenvalue weighted by Gasteiger charge is 2.60. The Kier molecular flexibility index (Phi) is 3.72. The van der Waals surface area contributed by atoms with Crippen molar-refractivity contribution in [3.63, 3.8) is 0 Å². The van der Waals surface area contributed by atoms with Gasteiger partial charge in [0.15, 0.2) is 0 Å². The molecule has 2 rings (SSSR count). The molecule has 0 radical (unpaired) electrons. The molecular weight excluding hydrogens is 253 g/mol. The Morgan fingerprint density at radius 1 is 1.35 bits per heavy atom. The molecule has 20 heavy (non-hydrogen) atoms. The van der Waals surface area contributed by atoms with E-state index in [0.717, 1.165) is 0 Å². The van der Waals surface area contributed by atoms with Crippen LogP contribution in [0.25, 0.3) is 0 Å². The molecule has 1 aromatic carbocycles. The fraction of sp³-hybridized carbons (Fsp3) is 0.471. The second kappa shape index (κ2) is 5.04. The van der Waals surface area contributed by atoms with Gasteiger partial charge in [-0.2, -0.15) is 0 Å². The van der Waals surface area contributed by atoms with E-state index in [-0.39, 0.29) is 29.0 Å². The third kappa shape index (κ3) is 2.62. The molecule has 1 N–H and O–H groups in total. The van der Waals surface area contributed by atoms with Crippen LogP contribution in [0.1, 0.15) is 33.3 Å². The third-order valence-corrected chi connectivity index (χ3v) is 4.23. The molecule has 1 fully saturated rings. The first-order chi connectivity index (χ1) is 9.25. The Balaban J connectivity index is 2.14. The maximum absolute atomic E-state index is 13.5. The number of hydrogen-bond acceptors (Lipinski definition) is 1. The molecule has 2 atom stereocenters. The molecule has 108 valence electrons. The molecule has 0 aliphatic heterocycles. The average Bonchev–Trinajstić information content (AvgIpc) is 2.86. The van der Waals surface area contributed by atoms with Gasteiger partial charge in [-0.15, -0.1) is 0 Å². The van der Waals surface area contributed by atoms with Crippen LogP contribution in [0.3, 0.4) is 0 Å². The Hall–Kier alpha value is -1.64. The quantitative estimate of drug-likeness (QED) is 0.818. The van der Waals surface area contributed by atoms with E-state index in [9.17, 15) is 9.18 Å². The summed E-state index contributed by atoms with van der Waals surface area (Å²) in [6.45, 7) is 9.95. The van der Waals surface area contributed by atoms with Gasteiger partial charge in [0.25, 0.3) is 0 Å². The van der Waals surface area contributed by atoms with Crippen molar-refractivity contribution in [1.29, 1.82) is 0 Å². The lowest BCUT2D eigenvalue weighted by molar-refractivity contribution is -0.118. The van der Waals surface area contributed by atoms with Crippen molar-refractivity contribution in [3.8, 4) is 0 Å². The summed E-state index contributed by atoms with van der Waals surface area (Å²) in [7, 11) is 0. The van der Waals surface area contributed by atoms with Crippen molar-refractivity contribution >= 4 is 11.6 Å². The monoisotopic (exact) mass is 275 g/mol. The normalized spacial score (nSPS) is 23.1. The lowest BCUT2D eigenvalue weighted by Crippen LogP contribution is -2.17. The van der Waals surface area contributed by atoms with Crippen LogP contribution in [0.4, 0.5) is 10.1 Å². The Morgan fingerprint density at radius 3 is 2.60 bits per heavy atom. The number of rotatable bonds is 3. The molecule has 0 saturated heterocycles. The Morgan fingerprint density at radius 2 is 2.00 bits per heavy atom. The van der Waals surface area contributed by atoms with E-state index < -0.39 is 0 Å². The van der Waals surface area contributed by atoms with Crippen LogP contribution in [-0.4, -0.2) is 5.91 Å². The zero-order chi connectivity index (χ0) is 15.1. The van der Waals surface area contributed by atoms with E-state index in [1.165, 1.54) is 11.6 Å². The molecule has 2 unspecified atom stereocenters. The van der Waals surface area contributed by atoms with Gasteiger partial charge < -0.3 is 5.32 Å². The first-order valence-electron chi connectivity index (χ1n) is 6.96. The molecule has 1 aliphatic rings. The number of halogens is 1. The van der Waals surface area contributed by atoms with Crippen molar-refractivity contribution in [2.45, 2.75) is 34.6 Å². The van der Waals surface area contributed by atoms with Gasteiger partial charge in [0.05, 0.1) is 5.92 Å². The van der Waals surface area contributed by atoms with E-state index in [1.54, 1.807) is 19.1 Å². The Bertz CT molecular complexity index is 570. The second-order valence-electron chi connectivity index (χ2n) is 6.47. The minimum atomic E-state index is -0.293. The summed E-state index contributed by atoms with van der Waals surface area (Å²) in [4.78, 5) is 12.4. The molecule has 3 heteroatoms. The van der Waals surface area contributed by atoms with Gasteiger partial charge in [0.1, 0.15) is 5.82 Å². The predicted octanol–water partition coefficient (Wildman–Crippen LogP) is 4.31. The lowest BCUT2D eigenvalue weighted by atomic mass is 10.1. The van der Waals surface area contributed by atoms with E-state index in [1.807, 2.05) is 13.8 Å². The number of carbonyl (C=O) groups excluding carboxylic acids is 1. The molecule has 0 aromatic heterocycles. The van der Waals surface area contributed by atoms with E-state index in [0.29, 0.717) is 11.3 Å². The third-order valence-electron chi connectivity index (χ3n) is 4.23. The number of hydrogen-bond donors (Lipinski definition) is 1. The summed E-state index contributed by atoms with van der Waals surface area (Å²) in [6.07, 6.45) is 2.16. The summed E-state index contributed by atoms with van der Waals surface area (Å²) in [5.41, 5.74) is 2.25. The highest BCUT2D eigenvalue weighted by molar-refractivity contribution is 5.96. The van der Waals surface area contributed by atoms with Crippen LogP contribution in [0.5, 0.6) is 0 Å². The number of nitrogens with one attached hydrogen (secondary N) is 1. The van der Waals surface area contributed by atoms with Gasteiger partial charge >= 0.3 is 0 Å².